The highest BCUT2D eigenvalue weighted by molar-refractivity contribution is 7.16. The zero-order valence-electron chi connectivity index (χ0n) is 10.00. The molecule has 0 spiro atoms. The molecule has 1 aromatic heterocycles. The van der Waals surface area contributed by atoms with Crippen LogP contribution >= 0.6 is 11.3 Å². The van der Waals surface area contributed by atoms with Crippen LogP contribution in [0.25, 0.3) is 10.1 Å². The Hall–Kier alpha value is -2.26. The molecular formula is C16H10O2S. The van der Waals surface area contributed by atoms with E-state index in [0.717, 1.165) is 21.4 Å². The fraction of sp³-hybridized carbons (Fsp3) is 0. The zero-order valence-corrected chi connectivity index (χ0v) is 10.8. The van der Waals surface area contributed by atoms with Gasteiger partial charge in [-0.05, 0) is 17.5 Å². The molecule has 0 aliphatic carbocycles. The average molecular weight is 266 g/mol. The summed E-state index contributed by atoms with van der Waals surface area (Å²) in [5, 5.41) is 0.923. The molecular weight excluding hydrogens is 256 g/mol. The van der Waals surface area contributed by atoms with Crippen molar-refractivity contribution in [1.82, 2.24) is 0 Å². The van der Waals surface area contributed by atoms with Crippen molar-refractivity contribution >= 4 is 27.2 Å². The van der Waals surface area contributed by atoms with E-state index in [2.05, 4.69) is 0 Å². The Morgan fingerprint density at radius 1 is 0.895 bits per heavy atom. The molecule has 2 aromatic carbocycles. The molecule has 0 bridgehead atoms. The predicted molar refractivity (Wildman–Crippen MR) is 78.0 cm³/mol. The van der Waals surface area contributed by atoms with Crippen LogP contribution in [-0.4, -0.2) is 5.78 Å². The largest absolute Gasteiger partial charge is 0.288 e. The van der Waals surface area contributed by atoms with Crippen molar-refractivity contribution in [2.24, 2.45) is 0 Å². The first kappa shape index (κ1) is 11.8. The van der Waals surface area contributed by atoms with Crippen LogP contribution in [0, 0.1) is 0 Å². The summed E-state index contributed by atoms with van der Waals surface area (Å²) in [7, 11) is 0. The lowest BCUT2D eigenvalue weighted by molar-refractivity contribution is 0.103. The van der Waals surface area contributed by atoms with E-state index in [-0.39, 0.29) is 16.1 Å². The fourth-order valence-electron chi connectivity index (χ4n) is 1.97. The minimum absolute atomic E-state index is 0.187. The van der Waals surface area contributed by atoms with Crippen LogP contribution < -0.4 is 4.74 Å². The Morgan fingerprint density at radius 2 is 1.58 bits per heavy atom. The molecule has 0 fully saturated rings. The van der Waals surface area contributed by atoms with Gasteiger partial charge in [0.2, 0.25) is 4.74 Å². The smallest absolute Gasteiger partial charge is 0.244 e. The molecule has 0 aliphatic rings. The molecule has 92 valence electrons. The van der Waals surface area contributed by atoms with Crippen molar-refractivity contribution in [3.8, 4) is 0 Å². The van der Waals surface area contributed by atoms with Crippen LogP contribution in [0.5, 0.6) is 0 Å². The second kappa shape index (κ2) is 4.78. The van der Waals surface area contributed by atoms with Gasteiger partial charge < -0.3 is 0 Å². The van der Waals surface area contributed by atoms with Crippen LogP contribution in [0.3, 0.4) is 0 Å². The standard InChI is InChI=1S/C16H10O2S/c17-15(11-6-2-1-3-7-11)13-10-12-8-4-5-9-14(12)19-16(13)18/h1-10H. The number of benzene rings is 2. The maximum absolute atomic E-state index is 12.3. The summed E-state index contributed by atoms with van der Waals surface area (Å²) in [6.45, 7) is 0. The lowest BCUT2D eigenvalue weighted by atomic mass is 10.0. The minimum atomic E-state index is -0.215. The van der Waals surface area contributed by atoms with Gasteiger partial charge >= 0.3 is 0 Å². The fourth-order valence-corrected chi connectivity index (χ4v) is 2.82. The summed E-state index contributed by atoms with van der Waals surface area (Å²) in [5.41, 5.74) is 0.789. The minimum Gasteiger partial charge on any atom is -0.288 e. The van der Waals surface area contributed by atoms with Crippen molar-refractivity contribution < 1.29 is 4.79 Å². The van der Waals surface area contributed by atoms with Gasteiger partial charge in [0, 0.05) is 10.3 Å². The number of carbonyl (C=O) groups excluding carboxylic acids is 1. The number of ketones is 1. The van der Waals surface area contributed by atoms with Gasteiger partial charge in [-0.2, -0.15) is 0 Å². The third-order valence-corrected chi connectivity index (χ3v) is 3.92. The van der Waals surface area contributed by atoms with Crippen molar-refractivity contribution in [2.45, 2.75) is 0 Å². The number of rotatable bonds is 2. The summed E-state index contributed by atoms with van der Waals surface area (Å²) in [6.07, 6.45) is 0. The highest BCUT2D eigenvalue weighted by Crippen LogP contribution is 2.18. The maximum atomic E-state index is 12.3. The van der Waals surface area contributed by atoms with E-state index in [1.165, 1.54) is 0 Å². The number of carbonyl (C=O) groups is 1. The molecule has 0 radical (unpaired) electrons. The van der Waals surface area contributed by atoms with Crippen LogP contribution in [0.2, 0.25) is 0 Å². The Morgan fingerprint density at radius 3 is 2.37 bits per heavy atom. The molecule has 3 heteroatoms. The predicted octanol–water partition coefficient (Wildman–Crippen LogP) is 3.49. The summed E-state index contributed by atoms with van der Waals surface area (Å²) in [4.78, 5) is 24.4. The van der Waals surface area contributed by atoms with Crippen molar-refractivity contribution in [3.05, 3.63) is 81.3 Å². The summed E-state index contributed by atoms with van der Waals surface area (Å²) >= 11 is 1.11. The highest BCUT2D eigenvalue weighted by Gasteiger charge is 2.13. The molecule has 3 rings (SSSR count). The highest BCUT2D eigenvalue weighted by atomic mass is 32.1. The van der Waals surface area contributed by atoms with E-state index < -0.39 is 0 Å². The molecule has 3 aromatic rings. The molecule has 0 atom stereocenters. The van der Waals surface area contributed by atoms with E-state index in [4.69, 9.17) is 0 Å². The Labute approximate surface area is 114 Å². The first-order chi connectivity index (χ1) is 9.25. The van der Waals surface area contributed by atoms with E-state index in [9.17, 15) is 9.59 Å². The van der Waals surface area contributed by atoms with Crippen LogP contribution in [0.4, 0.5) is 0 Å². The second-order valence-electron chi connectivity index (χ2n) is 4.18. The van der Waals surface area contributed by atoms with Crippen LogP contribution in [0.1, 0.15) is 15.9 Å². The van der Waals surface area contributed by atoms with Crippen molar-refractivity contribution in [3.63, 3.8) is 0 Å². The van der Waals surface area contributed by atoms with Crippen molar-refractivity contribution in [1.29, 1.82) is 0 Å². The van der Waals surface area contributed by atoms with E-state index in [0.29, 0.717) is 5.56 Å². The first-order valence-electron chi connectivity index (χ1n) is 5.88. The molecule has 0 saturated carbocycles. The third kappa shape index (κ3) is 2.20. The maximum Gasteiger partial charge on any atom is 0.244 e. The first-order valence-corrected chi connectivity index (χ1v) is 6.70. The van der Waals surface area contributed by atoms with Crippen LogP contribution in [-0.2, 0) is 0 Å². The Balaban J connectivity index is 2.18. The Kier molecular flexibility index (Phi) is 2.97. The molecule has 0 saturated heterocycles. The van der Waals surface area contributed by atoms with Gasteiger partial charge in [0.15, 0.2) is 5.78 Å². The summed E-state index contributed by atoms with van der Waals surface area (Å²) in [6, 6.07) is 18.1. The van der Waals surface area contributed by atoms with Gasteiger partial charge in [-0.1, -0.05) is 59.9 Å². The molecule has 19 heavy (non-hydrogen) atoms. The lowest BCUT2D eigenvalue weighted by Crippen LogP contribution is -2.12. The van der Waals surface area contributed by atoms with Gasteiger partial charge in [-0.25, -0.2) is 0 Å². The lowest BCUT2D eigenvalue weighted by Gasteiger charge is -2.01. The number of hydrogen-bond acceptors (Lipinski definition) is 3. The quantitative estimate of drug-likeness (QED) is 0.665. The SMILES string of the molecule is O=C(c1ccccc1)c1cc2ccccc2sc1=O. The Bertz CT molecular complexity index is 804. The van der Waals surface area contributed by atoms with Gasteiger partial charge in [0.25, 0.3) is 0 Å². The summed E-state index contributed by atoms with van der Waals surface area (Å²) < 4.78 is 0.713. The number of hydrogen-bond donors (Lipinski definition) is 0. The monoisotopic (exact) mass is 266 g/mol. The topological polar surface area (TPSA) is 34.1 Å². The van der Waals surface area contributed by atoms with Gasteiger partial charge in [0.05, 0.1) is 5.56 Å². The molecule has 0 aliphatic heterocycles. The molecule has 0 unspecified atom stereocenters. The summed E-state index contributed by atoms with van der Waals surface area (Å²) in [5.74, 6) is -0.215. The molecule has 0 amide bonds. The van der Waals surface area contributed by atoms with Gasteiger partial charge in [-0.15, -0.1) is 0 Å². The normalized spacial score (nSPS) is 10.5. The second-order valence-corrected chi connectivity index (χ2v) is 5.20. The van der Waals surface area contributed by atoms with E-state index in [1.807, 2.05) is 30.3 Å². The van der Waals surface area contributed by atoms with E-state index >= 15 is 0 Å². The molecule has 1 heterocycles. The van der Waals surface area contributed by atoms with Gasteiger partial charge in [-0.3, -0.25) is 9.59 Å². The van der Waals surface area contributed by atoms with Gasteiger partial charge in [0.1, 0.15) is 0 Å². The van der Waals surface area contributed by atoms with Crippen LogP contribution in [0.15, 0.2) is 65.5 Å². The number of fused-ring (bicyclic) bond motifs is 1. The third-order valence-electron chi connectivity index (χ3n) is 2.92. The van der Waals surface area contributed by atoms with Crippen molar-refractivity contribution in [2.75, 3.05) is 0 Å². The zero-order chi connectivity index (χ0) is 13.2. The average Bonchev–Trinajstić information content (AvgIpc) is 2.47. The van der Waals surface area contributed by atoms with E-state index in [1.54, 1.807) is 30.3 Å². The molecule has 0 N–H and O–H groups in total. The molecule has 2 nitrogen and oxygen atoms in total.